The maximum absolute atomic E-state index is 11.2. The molecular formula is C14H19N3O4S2. The number of nitro groups is 1. The van der Waals surface area contributed by atoms with Crippen LogP contribution in [0.3, 0.4) is 0 Å². The average Bonchev–Trinajstić information content (AvgIpc) is 2.52. The van der Waals surface area contributed by atoms with Crippen LogP contribution in [0.5, 0.6) is 0 Å². The van der Waals surface area contributed by atoms with Crippen molar-refractivity contribution in [3.05, 3.63) is 28.3 Å². The number of rotatable bonds is 7. The van der Waals surface area contributed by atoms with Gasteiger partial charge in [-0.3, -0.25) is 15.4 Å². The van der Waals surface area contributed by atoms with Crippen LogP contribution < -0.4 is 10.6 Å². The zero-order chi connectivity index (χ0) is 17.2. The molecule has 0 atom stereocenters. The van der Waals surface area contributed by atoms with Crippen molar-refractivity contribution in [2.45, 2.75) is 31.1 Å². The summed E-state index contributed by atoms with van der Waals surface area (Å²) < 4.78 is 4.40. The van der Waals surface area contributed by atoms with Crippen LogP contribution in [0.2, 0.25) is 0 Å². The molecule has 1 amide bonds. The highest BCUT2D eigenvalue weighted by molar-refractivity contribution is 7.99. The van der Waals surface area contributed by atoms with E-state index in [1.807, 2.05) is 0 Å². The summed E-state index contributed by atoms with van der Waals surface area (Å²) in [5.74, 6) is 0.917. The first-order chi connectivity index (χ1) is 11.0. The lowest BCUT2D eigenvalue weighted by Gasteiger charge is -2.10. The SMILES string of the molecule is CCCCCSc1ccc(NC(=S)NC(=O)OC)c([N+](=O)[O-])c1. The number of carbonyl (C=O) groups is 1. The highest BCUT2D eigenvalue weighted by Gasteiger charge is 2.16. The second-order valence-electron chi connectivity index (χ2n) is 4.56. The molecule has 2 N–H and O–H groups in total. The van der Waals surface area contributed by atoms with Gasteiger partial charge in [-0.25, -0.2) is 4.79 Å². The summed E-state index contributed by atoms with van der Waals surface area (Å²) in [6, 6.07) is 4.86. The van der Waals surface area contributed by atoms with Crippen molar-refractivity contribution < 1.29 is 14.5 Å². The summed E-state index contributed by atoms with van der Waals surface area (Å²) in [6.07, 6.45) is 2.60. The summed E-state index contributed by atoms with van der Waals surface area (Å²) in [6.45, 7) is 2.13. The van der Waals surface area contributed by atoms with Crippen LogP contribution in [0.1, 0.15) is 26.2 Å². The van der Waals surface area contributed by atoms with Crippen LogP contribution in [0.15, 0.2) is 23.1 Å². The quantitative estimate of drug-likeness (QED) is 0.251. The third kappa shape index (κ3) is 6.83. The first kappa shape index (κ1) is 19.2. The van der Waals surface area contributed by atoms with Gasteiger partial charge in [0.25, 0.3) is 5.69 Å². The predicted molar refractivity (Wildman–Crippen MR) is 95.1 cm³/mol. The van der Waals surface area contributed by atoms with E-state index in [0.29, 0.717) is 0 Å². The van der Waals surface area contributed by atoms with E-state index >= 15 is 0 Å². The van der Waals surface area contributed by atoms with Crippen LogP contribution in [0, 0.1) is 10.1 Å². The zero-order valence-electron chi connectivity index (χ0n) is 13.0. The fraction of sp³-hybridized carbons (Fsp3) is 0.429. The van der Waals surface area contributed by atoms with Crippen molar-refractivity contribution in [3.63, 3.8) is 0 Å². The van der Waals surface area contributed by atoms with Crippen LogP contribution in [0.4, 0.5) is 16.2 Å². The van der Waals surface area contributed by atoms with Gasteiger partial charge in [-0.1, -0.05) is 19.8 Å². The normalized spacial score (nSPS) is 10.0. The van der Waals surface area contributed by atoms with Gasteiger partial charge in [-0.2, -0.15) is 0 Å². The Morgan fingerprint density at radius 3 is 2.78 bits per heavy atom. The van der Waals surface area contributed by atoms with Gasteiger partial charge in [-0.15, -0.1) is 11.8 Å². The van der Waals surface area contributed by atoms with Crippen LogP contribution in [0.25, 0.3) is 0 Å². The molecule has 0 aromatic heterocycles. The van der Waals surface area contributed by atoms with E-state index in [1.165, 1.54) is 13.2 Å². The van der Waals surface area contributed by atoms with Gasteiger partial charge in [0.15, 0.2) is 5.11 Å². The molecule has 0 aliphatic heterocycles. The molecular weight excluding hydrogens is 338 g/mol. The molecule has 0 saturated heterocycles. The third-order valence-corrected chi connectivity index (χ3v) is 4.12. The Balaban J connectivity index is 2.77. The number of thiocarbonyl (C=S) groups is 1. The summed E-state index contributed by atoms with van der Waals surface area (Å²) in [7, 11) is 1.20. The van der Waals surface area contributed by atoms with E-state index in [4.69, 9.17) is 12.2 Å². The summed E-state index contributed by atoms with van der Waals surface area (Å²) in [5, 5.41) is 16.0. The number of nitrogens with one attached hydrogen (secondary N) is 2. The number of benzene rings is 1. The lowest BCUT2D eigenvalue weighted by molar-refractivity contribution is -0.384. The number of unbranched alkanes of at least 4 members (excludes halogenated alkanes) is 2. The Morgan fingerprint density at radius 2 is 2.17 bits per heavy atom. The fourth-order valence-corrected chi connectivity index (χ4v) is 2.83. The number of methoxy groups -OCH3 is 1. The molecule has 1 rings (SSSR count). The fourth-order valence-electron chi connectivity index (χ4n) is 1.70. The summed E-state index contributed by atoms with van der Waals surface area (Å²) >= 11 is 6.48. The molecule has 0 saturated carbocycles. The smallest absolute Gasteiger partial charge is 0.413 e. The summed E-state index contributed by atoms with van der Waals surface area (Å²) in [4.78, 5) is 22.6. The molecule has 0 radical (unpaired) electrons. The number of hydrogen-bond acceptors (Lipinski definition) is 6. The number of alkyl carbamates (subject to hydrolysis) is 1. The number of thioether (sulfide) groups is 1. The minimum absolute atomic E-state index is 0.0664. The third-order valence-electron chi connectivity index (χ3n) is 2.83. The Hall–Kier alpha value is -1.87. The molecule has 0 heterocycles. The number of anilines is 1. The number of nitrogens with zero attached hydrogens (tertiary/aromatic N) is 1. The zero-order valence-corrected chi connectivity index (χ0v) is 14.6. The molecule has 0 bridgehead atoms. The van der Waals surface area contributed by atoms with Crippen molar-refractivity contribution in [2.24, 2.45) is 0 Å². The largest absolute Gasteiger partial charge is 0.453 e. The van der Waals surface area contributed by atoms with Gasteiger partial charge < -0.3 is 10.1 Å². The highest BCUT2D eigenvalue weighted by atomic mass is 32.2. The lowest BCUT2D eigenvalue weighted by Crippen LogP contribution is -2.34. The van der Waals surface area contributed by atoms with E-state index < -0.39 is 11.0 Å². The molecule has 0 aliphatic rings. The monoisotopic (exact) mass is 357 g/mol. The van der Waals surface area contributed by atoms with Gasteiger partial charge in [-0.05, 0) is 36.5 Å². The molecule has 1 aromatic rings. The number of carbonyl (C=O) groups excluding carboxylic acids is 1. The topological polar surface area (TPSA) is 93.5 Å². The van der Waals surface area contributed by atoms with Gasteiger partial charge in [0, 0.05) is 11.0 Å². The van der Waals surface area contributed by atoms with Crippen molar-refractivity contribution in [2.75, 3.05) is 18.2 Å². The van der Waals surface area contributed by atoms with Crippen LogP contribution in [-0.4, -0.2) is 29.0 Å². The maximum atomic E-state index is 11.2. The molecule has 0 unspecified atom stereocenters. The standard InChI is InChI=1S/C14H19N3O4S2/c1-3-4-5-8-23-10-6-7-11(12(9-10)17(19)20)15-13(22)16-14(18)21-2/h6-7,9H,3-5,8H2,1-2H3,(H2,15,16,18,22). The second-order valence-corrected chi connectivity index (χ2v) is 6.14. The number of nitro benzene ring substituents is 1. The van der Waals surface area contributed by atoms with Crippen LogP contribution >= 0.6 is 24.0 Å². The van der Waals surface area contributed by atoms with Gasteiger partial charge >= 0.3 is 6.09 Å². The maximum Gasteiger partial charge on any atom is 0.413 e. The Bertz CT molecular complexity index is 581. The van der Waals surface area contributed by atoms with Gasteiger partial charge in [0.2, 0.25) is 0 Å². The van der Waals surface area contributed by atoms with Crippen molar-refractivity contribution in [1.29, 1.82) is 0 Å². The Kier molecular flexibility index (Phi) is 8.35. The minimum Gasteiger partial charge on any atom is -0.453 e. The number of hydrogen-bond donors (Lipinski definition) is 2. The molecule has 9 heteroatoms. The summed E-state index contributed by atoms with van der Waals surface area (Å²) in [5.41, 5.74) is 0.119. The second kappa shape index (κ2) is 10.0. The Morgan fingerprint density at radius 1 is 1.43 bits per heavy atom. The number of amides is 1. The van der Waals surface area contributed by atoms with E-state index in [0.717, 1.165) is 29.9 Å². The van der Waals surface area contributed by atoms with Gasteiger partial charge in [0.1, 0.15) is 5.69 Å². The highest BCUT2D eigenvalue weighted by Crippen LogP contribution is 2.30. The molecule has 0 fully saturated rings. The average molecular weight is 357 g/mol. The van der Waals surface area contributed by atoms with Crippen molar-refractivity contribution >= 4 is 46.6 Å². The lowest BCUT2D eigenvalue weighted by atomic mass is 10.2. The van der Waals surface area contributed by atoms with E-state index in [2.05, 4.69) is 22.3 Å². The molecule has 1 aromatic carbocycles. The van der Waals surface area contributed by atoms with E-state index in [1.54, 1.807) is 23.9 Å². The minimum atomic E-state index is -0.742. The van der Waals surface area contributed by atoms with Crippen molar-refractivity contribution in [3.8, 4) is 0 Å². The number of ether oxygens (including phenoxy) is 1. The van der Waals surface area contributed by atoms with E-state index in [-0.39, 0.29) is 16.5 Å². The first-order valence-corrected chi connectivity index (χ1v) is 8.44. The molecule has 23 heavy (non-hydrogen) atoms. The molecule has 7 nitrogen and oxygen atoms in total. The Labute approximate surface area is 144 Å². The van der Waals surface area contributed by atoms with Crippen LogP contribution in [-0.2, 0) is 4.74 Å². The first-order valence-electron chi connectivity index (χ1n) is 7.05. The van der Waals surface area contributed by atoms with E-state index in [9.17, 15) is 14.9 Å². The molecule has 0 aliphatic carbocycles. The molecule has 126 valence electrons. The van der Waals surface area contributed by atoms with Gasteiger partial charge in [0.05, 0.1) is 12.0 Å². The van der Waals surface area contributed by atoms with Crippen molar-refractivity contribution in [1.82, 2.24) is 5.32 Å². The predicted octanol–water partition coefficient (Wildman–Crippen LogP) is 3.93. The molecule has 0 spiro atoms.